The molecule has 0 fully saturated rings. The van der Waals surface area contributed by atoms with Gasteiger partial charge < -0.3 is 9.80 Å². The Morgan fingerprint density at radius 2 is 1.19 bits per heavy atom. The zero-order valence-electron chi connectivity index (χ0n) is 15.7. The Kier molecular flexibility index (Phi) is 10.8. The average Bonchev–Trinajstić information content (AvgIpc) is 2.38. The van der Waals surface area contributed by atoms with E-state index in [4.69, 9.17) is 4.66 Å². The van der Waals surface area contributed by atoms with Gasteiger partial charge in [0.2, 0.25) is 0 Å². The second-order valence-electron chi connectivity index (χ2n) is 7.24. The van der Waals surface area contributed by atoms with E-state index >= 15 is 0 Å². The fourth-order valence-corrected chi connectivity index (χ4v) is 4.79. The van der Waals surface area contributed by atoms with E-state index in [-0.39, 0.29) is 0 Å². The van der Waals surface area contributed by atoms with E-state index in [0.717, 1.165) is 5.96 Å². The van der Waals surface area contributed by atoms with E-state index in [1.54, 1.807) is 0 Å². The first-order valence-corrected chi connectivity index (χ1v) is 11.9. The first kappa shape index (κ1) is 20.5. The minimum absolute atomic E-state index is 1.12. The summed E-state index contributed by atoms with van der Waals surface area (Å²) in [5, 5.41) is 0. The zero-order chi connectivity index (χ0) is 16.3. The molecule has 3 nitrogen and oxygen atoms in total. The largest absolute Gasteiger partial charge is 0.350 e. The van der Waals surface area contributed by atoms with Gasteiger partial charge in [0.25, 0.3) is 0 Å². The van der Waals surface area contributed by atoms with Crippen molar-refractivity contribution in [3.63, 3.8) is 0 Å². The minimum Gasteiger partial charge on any atom is -0.350 e. The maximum absolute atomic E-state index is 5.07. The van der Waals surface area contributed by atoms with Gasteiger partial charge in [0, 0.05) is 28.2 Å². The minimum atomic E-state index is -1.47. The third-order valence-corrected chi connectivity index (χ3v) is 6.23. The molecule has 0 bridgehead atoms. The molecule has 0 saturated heterocycles. The Morgan fingerprint density at radius 3 is 1.62 bits per heavy atom. The van der Waals surface area contributed by atoms with Crippen LogP contribution in [0.5, 0.6) is 0 Å². The lowest BCUT2D eigenvalue weighted by molar-refractivity contribution is 0.485. The highest BCUT2D eigenvalue weighted by Gasteiger charge is 2.22. The van der Waals surface area contributed by atoms with Crippen molar-refractivity contribution >= 4 is 14.2 Å². The topological polar surface area (TPSA) is 18.8 Å². The summed E-state index contributed by atoms with van der Waals surface area (Å²) in [6, 6.07) is 1.31. The van der Waals surface area contributed by atoms with Crippen molar-refractivity contribution in [3.8, 4) is 0 Å². The Bertz CT molecular complexity index is 276. The summed E-state index contributed by atoms with van der Waals surface area (Å²) in [6.07, 6.45) is 11.2. The molecule has 0 aromatic rings. The van der Waals surface area contributed by atoms with Crippen molar-refractivity contribution < 1.29 is 0 Å². The second-order valence-corrected chi connectivity index (χ2v) is 11.6. The standard InChI is InChI=1S/C17H39N3Si/c1-8-9-10-11-12-13-14-15-16-21(6,7)18-17(19(2)3)20(4)5/h8-16H2,1-7H3. The first-order chi connectivity index (χ1) is 9.80. The molecule has 0 aromatic heterocycles. The van der Waals surface area contributed by atoms with Crippen LogP contribution in [0.15, 0.2) is 4.66 Å². The maximum Gasteiger partial charge on any atom is 0.186 e. The monoisotopic (exact) mass is 313 g/mol. The molecule has 126 valence electrons. The molecule has 0 heterocycles. The fourth-order valence-electron chi connectivity index (χ4n) is 2.62. The van der Waals surface area contributed by atoms with Crippen LogP contribution in [0.3, 0.4) is 0 Å². The van der Waals surface area contributed by atoms with Crippen molar-refractivity contribution in [3.05, 3.63) is 0 Å². The molecular weight excluding hydrogens is 274 g/mol. The molecule has 0 saturated carbocycles. The van der Waals surface area contributed by atoms with Gasteiger partial charge in [0.05, 0.1) is 0 Å². The predicted molar refractivity (Wildman–Crippen MR) is 99.7 cm³/mol. The lowest BCUT2D eigenvalue weighted by Gasteiger charge is -2.27. The Labute approximate surface area is 134 Å². The van der Waals surface area contributed by atoms with Crippen LogP contribution in [0, 0.1) is 0 Å². The molecule has 0 spiro atoms. The molecule has 21 heavy (non-hydrogen) atoms. The normalized spacial score (nSPS) is 11.4. The van der Waals surface area contributed by atoms with Crippen molar-refractivity contribution in [2.45, 2.75) is 77.4 Å². The van der Waals surface area contributed by atoms with Crippen LogP contribution in [0.2, 0.25) is 19.1 Å². The molecule has 0 aliphatic rings. The highest BCUT2D eigenvalue weighted by molar-refractivity contribution is 6.76. The van der Waals surface area contributed by atoms with E-state index in [1.807, 2.05) is 0 Å². The molecule has 0 unspecified atom stereocenters. The number of hydrogen-bond acceptors (Lipinski definition) is 1. The van der Waals surface area contributed by atoms with E-state index in [1.165, 1.54) is 57.4 Å². The summed E-state index contributed by atoms with van der Waals surface area (Å²) < 4.78 is 5.07. The summed E-state index contributed by atoms with van der Waals surface area (Å²) in [5.74, 6) is 1.12. The highest BCUT2D eigenvalue weighted by atomic mass is 28.3. The smallest absolute Gasteiger partial charge is 0.186 e. The van der Waals surface area contributed by atoms with Crippen molar-refractivity contribution in [1.29, 1.82) is 0 Å². The molecule has 0 aliphatic heterocycles. The van der Waals surface area contributed by atoms with Crippen LogP contribution in [-0.2, 0) is 0 Å². The van der Waals surface area contributed by atoms with Gasteiger partial charge in [0.15, 0.2) is 14.2 Å². The zero-order valence-corrected chi connectivity index (χ0v) is 16.7. The summed E-state index contributed by atoms with van der Waals surface area (Å²) >= 11 is 0. The van der Waals surface area contributed by atoms with E-state index in [0.29, 0.717) is 0 Å². The molecule has 0 aromatic carbocycles. The Morgan fingerprint density at radius 1 is 0.762 bits per heavy atom. The van der Waals surface area contributed by atoms with Gasteiger partial charge in [0.1, 0.15) is 0 Å². The molecule has 0 atom stereocenters. The second kappa shape index (κ2) is 11.1. The van der Waals surface area contributed by atoms with Crippen molar-refractivity contribution in [2.24, 2.45) is 4.66 Å². The fraction of sp³-hybridized carbons (Fsp3) is 0.941. The summed E-state index contributed by atoms with van der Waals surface area (Å²) in [7, 11) is 6.86. The van der Waals surface area contributed by atoms with Gasteiger partial charge in [-0.25, -0.2) is 0 Å². The first-order valence-electron chi connectivity index (χ1n) is 8.74. The lowest BCUT2D eigenvalue weighted by atomic mass is 10.1. The van der Waals surface area contributed by atoms with Gasteiger partial charge >= 0.3 is 0 Å². The molecule has 0 N–H and O–H groups in total. The van der Waals surface area contributed by atoms with Crippen LogP contribution in [0.25, 0.3) is 0 Å². The number of unbranched alkanes of at least 4 members (excludes halogenated alkanes) is 7. The van der Waals surface area contributed by atoms with Gasteiger partial charge in [-0.3, -0.25) is 4.66 Å². The van der Waals surface area contributed by atoms with Crippen LogP contribution >= 0.6 is 0 Å². The van der Waals surface area contributed by atoms with Gasteiger partial charge in [-0.05, 0) is 19.1 Å². The van der Waals surface area contributed by atoms with E-state index in [9.17, 15) is 0 Å². The van der Waals surface area contributed by atoms with E-state index in [2.05, 4.69) is 58.0 Å². The Balaban J connectivity index is 3.99. The van der Waals surface area contributed by atoms with Crippen LogP contribution in [-0.4, -0.2) is 52.2 Å². The number of guanidine groups is 1. The SMILES string of the molecule is CCCCCCCCCC[Si](C)(C)N=C(N(C)C)N(C)C. The molecule has 0 rings (SSSR count). The van der Waals surface area contributed by atoms with Crippen LogP contribution in [0.1, 0.15) is 58.3 Å². The van der Waals surface area contributed by atoms with Gasteiger partial charge in [-0.1, -0.05) is 58.3 Å². The molecule has 0 aliphatic carbocycles. The molecular formula is C17H39N3Si. The summed E-state index contributed by atoms with van der Waals surface area (Å²) in [5.41, 5.74) is 0. The van der Waals surface area contributed by atoms with Crippen molar-refractivity contribution in [1.82, 2.24) is 9.80 Å². The van der Waals surface area contributed by atoms with Gasteiger partial charge in [-0.15, -0.1) is 0 Å². The van der Waals surface area contributed by atoms with Crippen LogP contribution < -0.4 is 0 Å². The molecule has 4 heteroatoms. The number of nitrogens with zero attached hydrogens (tertiary/aromatic N) is 3. The lowest BCUT2D eigenvalue weighted by Crippen LogP contribution is -2.39. The quantitative estimate of drug-likeness (QED) is 0.249. The molecule has 0 amide bonds. The van der Waals surface area contributed by atoms with Crippen molar-refractivity contribution in [2.75, 3.05) is 28.2 Å². The average molecular weight is 314 g/mol. The number of hydrogen-bond donors (Lipinski definition) is 0. The Hall–Kier alpha value is -0.513. The summed E-state index contributed by atoms with van der Waals surface area (Å²) in [6.45, 7) is 7.06. The predicted octanol–water partition coefficient (Wildman–Crippen LogP) is 4.81. The maximum atomic E-state index is 5.07. The van der Waals surface area contributed by atoms with Crippen LogP contribution in [0.4, 0.5) is 0 Å². The third kappa shape index (κ3) is 10.8. The summed E-state index contributed by atoms with van der Waals surface area (Å²) in [4.78, 5) is 4.25. The third-order valence-electron chi connectivity index (χ3n) is 3.84. The number of rotatable bonds is 10. The van der Waals surface area contributed by atoms with Gasteiger partial charge in [-0.2, -0.15) is 0 Å². The highest BCUT2D eigenvalue weighted by Crippen LogP contribution is 2.18. The van der Waals surface area contributed by atoms with E-state index < -0.39 is 8.24 Å². The molecule has 0 radical (unpaired) electrons.